The molecular weight excluding hydrogens is 618 g/mol. The van der Waals surface area contributed by atoms with E-state index in [0.29, 0.717) is 29.8 Å². The lowest BCUT2D eigenvalue weighted by Crippen LogP contribution is -2.49. The van der Waals surface area contributed by atoms with Crippen molar-refractivity contribution >= 4 is 17.5 Å². The van der Waals surface area contributed by atoms with Gasteiger partial charge in [-0.2, -0.15) is 18.4 Å². The van der Waals surface area contributed by atoms with Gasteiger partial charge in [-0.25, -0.2) is 9.37 Å². The normalized spacial score (nSPS) is 21.1. The van der Waals surface area contributed by atoms with Crippen LogP contribution in [0.2, 0.25) is 5.02 Å². The third kappa shape index (κ3) is 5.04. The average Bonchev–Trinajstić information content (AvgIpc) is 3.74. The van der Waals surface area contributed by atoms with Gasteiger partial charge in [0.15, 0.2) is 0 Å². The smallest absolute Gasteiger partial charge is 0.379 e. The number of amides is 1. The quantitative estimate of drug-likeness (QED) is 0.285. The van der Waals surface area contributed by atoms with Crippen molar-refractivity contribution in [2.75, 3.05) is 13.2 Å². The van der Waals surface area contributed by atoms with Crippen molar-refractivity contribution in [3.63, 3.8) is 0 Å². The van der Waals surface area contributed by atoms with Crippen LogP contribution < -0.4 is 0 Å². The van der Waals surface area contributed by atoms with Crippen molar-refractivity contribution in [3.8, 4) is 6.07 Å². The van der Waals surface area contributed by atoms with Crippen LogP contribution in [-0.4, -0.2) is 55.9 Å². The van der Waals surface area contributed by atoms with Crippen LogP contribution in [-0.2, 0) is 34.4 Å². The van der Waals surface area contributed by atoms with E-state index in [9.17, 15) is 28.3 Å². The molecule has 1 amide bonds. The number of alkyl halides is 3. The lowest BCUT2D eigenvalue weighted by molar-refractivity contribution is -0.249. The van der Waals surface area contributed by atoms with Gasteiger partial charge in [0.1, 0.15) is 17.6 Å². The number of ether oxygens (including phenoxy) is 2. The number of hydrogen-bond donors (Lipinski definition) is 1. The molecule has 6 rings (SSSR count). The first kappa shape index (κ1) is 30.7. The van der Waals surface area contributed by atoms with E-state index in [0.717, 1.165) is 18.6 Å². The van der Waals surface area contributed by atoms with E-state index in [4.69, 9.17) is 21.1 Å². The van der Waals surface area contributed by atoms with Crippen molar-refractivity contribution < 1.29 is 36.9 Å². The highest BCUT2D eigenvalue weighted by Gasteiger charge is 2.61. The highest BCUT2D eigenvalue weighted by Crippen LogP contribution is 2.51. The van der Waals surface area contributed by atoms with Crippen molar-refractivity contribution in [1.29, 1.82) is 5.26 Å². The van der Waals surface area contributed by atoms with E-state index in [1.165, 1.54) is 59.1 Å². The zero-order valence-corrected chi connectivity index (χ0v) is 24.3. The van der Waals surface area contributed by atoms with Crippen LogP contribution in [0.15, 0.2) is 67.3 Å². The van der Waals surface area contributed by atoms with Crippen LogP contribution >= 0.6 is 11.6 Å². The Balaban J connectivity index is 1.61. The van der Waals surface area contributed by atoms with Gasteiger partial charge >= 0.3 is 6.18 Å². The number of rotatable bonds is 7. The van der Waals surface area contributed by atoms with E-state index in [1.807, 2.05) is 6.07 Å². The van der Waals surface area contributed by atoms with Crippen LogP contribution in [0.1, 0.15) is 50.4 Å². The molecule has 1 unspecified atom stereocenters. The van der Waals surface area contributed by atoms with Gasteiger partial charge in [0.2, 0.25) is 11.3 Å². The van der Waals surface area contributed by atoms with E-state index >= 15 is 4.39 Å². The average molecular weight is 642 g/mol. The molecule has 45 heavy (non-hydrogen) atoms. The minimum atomic E-state index is -5.35. The molecule has 0 aliphatic carbocycles. The maximum atomic E-state index is 16.6. The first-order chi connectivity index (χ1) is 21.4. The van der Waals surface area contributed by atoms with E-state index in [-0.39, 0.29) is 29.8 Å². The molecule has 0 bridgehead atoms. The molecule has 1 saturated heterocycles. The first-order valence-electron chi connectivity index (χ1n) is 13.7. The van der Waals surface area contributed by atoms with Crippen LogP contribution in [0, 0.1) is 17.1 Å². The number of benzene rings is 2. The molecule has 0 radical (unpaired) electrons. The van der Waals surface area contributed by atoms with Crippen LogP contribution in [0.5, 0.6) is 0 Å². The fourth-order valence-electron chi connectivity index (χ4n) is 5.75. The van der Waals surface area contributed by atoms with Gasteiger partial charge in [-0.3, -0.25) is 14.7 Å². The first-order valence-corrected chi connectivity index (χ1v) is 14.1. The van der Waals surface area contributed by atoms with Crippen LogP contribution in [0.3, 0.4) is 0 Å². The summed E-state index contributed by atoms with van der Waals surface area (Å²) in [5.74, 6) is -2.10. The summed E-state index contributed by atoms with van der Waals surface area (Å²) in [7, 11) is 1.42. The zero-order chi connectivity index (χ0) is 32.1. The number of halogens is 5. The molecule has 0 saturated carbocycles. The highest BCUT2D eigenvalue weighted by atomic mass is 35.5. The molecule has 1 N–H and O–H groups in total. The molecule has 0 spiro atoms. The van der Waals surface area contributed by atoms with Crippen molar-refractivity contribution in [2.45, 2.75) is 36.6 Å². The van der Waals surface area contributed by atoms with E-state index in [1.54, 1.807) is 0 Å². The topological polar surface area (TPSA) is 114 Å². The fraction of sp³-hybridized carbons (Fsp3) is 0.290. The maximum Gasteiger partial charge on any atom is 0.427 e. The number of hydrogen-bond acceptors (Lipinski definition) is 7. The Morgan fingerprint density at radius 1 is 1.20 bits per heavy atom. The summed E-state index contributed by atoms with van der Waals surface area (Å²) in [4.78, 5) is 23.5. The molecule has 2 aliphatic rings. The third-order valence-corrected chi connectivity index (χ3v) is 8.17. The molecule has 4 heterocycles. The summed E-state index contributed by atoms with van der Waals surface area (Å²) in [6.45, 7) is 0.173. The Hall–Kier alpha value is -4.35. The summed E-state index contributed by atoms with van der Waals surface area (Å²) in [6.07, 6.45) is -2.25. The molecule has 14 heteroatoms. The standard InChI is InChI=1S/C31H24ClF4N5O4/c1-40-15-26(39-17-40)29(43,31(34,35)36)20-10-24-27(25(33)11-20)30(45-23-8-9-44-16-23,19-3-5-21(32)6-4-19)41(28(24)42)14-22-7-2-18(12-37)13-38-22/h2-7,10-11,13,15,17,23,43H,8-9,14,16H2,1H3/t23-,29?,30+/m0/s1. The molecule has 232 valence electrons. The summed E-state index contributed by atoms with van der Waals surface area (Å²) < 4.78 is 73.8. The number of fused-ring (bicyclic) bond motifs is 1. The summed E-state index contributed by atoms with van der Waals surface area (Å²) >= 11 is 6.17. The second-order valence-corrected chi connectivity index (χ2v) is 11.2. The SMILES string of the molecule is Cn1cnc(C(O)(c2cc(F)c3c(c2)C(=O)N(Cc2ccc(C#N)cn2)[C@@]3(O[C@H]2CCOC2)c2ccc(Cl)cc2)C(F)(F)F)c1. The minimum Gasteiger partial charge on any atom is -0.379 e. The molecule has 3 atom stereocenters. The molecule has 9 nitrogen and oxygen atoms in total. The molecule has 2 aromatic carbocycles. The van der Waals surface area contributed by atoms with Gasteiger partial charge in [0, 0.05) is 42.2 Å². The number of aliphatic hydroxyl groups is 1. The zero-order valence-electron chi connectivity index (χ0n) is 23.6. The predicted octanol–water partition coefficient (Wildman–Crippen LogP) is 4.94. The number of nitrogens with zero attached hydrogens (tertiary/aromatic N) is 5. The number of nitriles is 1. The number of aryl methyl sites for hydroxylation is 1. The molecule has 1 fully saturated rings. The number of aromatic nitrogens is 3. The van der Waals surface area contributed by atoms with Crippen molar-refractivity contribution in [1.82, 2.24) is 19.4 Å². The van der Waals surface area contributed by atoms with Crippen molar-refractivity contribution in [3.05, 3.63) is 117 Å². The number of carbonyl (C=O) groups excluding carboxylic acids is 1. The van der Waals surface area contributed by atoms with Crippen molar-refractivity contribution in [2.24, 2.45) is 7.05 Å². The predicted molar refractivity (Wildman–Crippen MR) is 150 cm³/mol. The lowest BCUT2D eigenvalue weighted by atomic mass is 9.85. The Morgan fingerprint density at radius 3 is 2.53 bits per heavy atom. The van der Waals surface area contributed by atoms with Gasteiger partial charge in [-0.1, -0.05) is 23.7 Å². The number of carbonyl (C=O) groups is 1. The van der Waals surface area contributed by atoms with Gasteiger partial charge in [0.05, 0.1) is 48.0 Å². The third-order valence-electron chi connectivity index (χ3n) is 7.92. The Labute approximate surface area is 259 Å². The minimum absolute atomic E-state index is 0.120. The van der Waals surface area contributed by atoms with E-state index in [2.05, 4.69) is 9.97 Å². The molecule has 4 aromatic rings. The number of imidazole rings is 1. The van der Waals surface area contributed by atoms with Gasteiger partial charge in [0.25, 0.3) is 5.91 Å². The lowest BCUT2D eigenvalue weighted by Gasteiger charge is -2.41. The second-order valence-electron chi connectivity index (χ2n) is 10.8. The molecule has 2 aliphatic heterocycles. The molecular formula is C31H24ClF4N5O4. The Kier molecular flexibility index (Phi) is 7.65. The van der Waals surface area contributed by atoms with Crippen LogP contribution in [0.4, 0.5) is 17.6 Å². The summed E-state index contributed by atoms with van der Waals surface area (Å²) in [6, 6.07) is 12.4. The summed E-state index contributed by atoms with van der Waals surface area (Å²) in [5, 5.41) is 20.8. The monoisotopic (exact) mass is 641 g/mol. The Bertz CT molecular complexity index is 1800. The highest BCUT2D eigenvalue weighted by molar-refractivity contribution is 6.30. The Morgan fingerprint density at radius 2 is 1.96 bits per heavy atom. The second kappa shape index (κ2) is 11.2. The fourth-order valence-corrected chi connectivity index (χ4v) is 5.88. The largest absolute Gasteiger partial charge is 0.427 e. The summed E-state index contributed by atoms with van der Waals surface area (Å²) in [5.41, 5.74) is -7.48. The van der Waals surface area contributed by atoms with E-state index < -0.39 is 52.2 Å². The van der Waals surface area contributed by atoms with Crippen LogP contribution in [0.25, 0.3) is 0 Å². The maximum absolute atomic E-state index is 16.6. The van der Waals surface area contributed by atoms with Gasteiger partial charge in [-0.05, 0) is 42.8 Å². The number of pyridine rings is 1. The van der Waals surface area contributed by atoms with Gasteiger partial charge in [-0.15, -0.1) is 0 Å². The van der Waals surface area contributed by atoms with Gasteiger partial charge < -0.3 is 19.1 Å². The molecule has 2 aromatic heterocycles.